The number of alkyl halides is 3. The van der Waals surface area contributed by atoms with Crippen molar-refractivity contribution in [2.24, 2.45) is 0 Å². The van der Waals surface area contributed by atoms with Gasteiger partial charge in [0.1, 0.15) is 6.79 Å². The topological polar surface area (TPSA) is 38.7 Å². The maximum absolute atomic E-state index is 12.5. The van der Waals surface area contributed by atoms with Crippen LogP contribution in [0.2, 0.25) is 0 Å². The van der Waals surface area contributed by atoms with E-state index in [-0.39, 0.29) is 18.1 Å². The number of benzene rings is 1. The molecule has 0 saturated carbocycles. The lowest BCUT2D eigenvalue weighted by molar-refractivity contribution is -0.137. The molecule has 3 unspecified atom stereocenters. The molecular formula is C14H19F3O3. The third-order valence-electron chi connectivity index (χ3n) is 3.34. The molecule has 0 amide bonds. The number of ether oxygens (including phenoxy) is 2. The standard InChI is InChI=1S/C14H19F3O3/c1-9(19-3)13(10(2)20-8-18)11-4-6-12(7-5-11)14(15,16)17/h4-7,9-10,13,18H,8H2,1-3H3. The lowest BCUT2D eigenvalue weighted by atomic mass is 9.89. The monoisotopic (exact) mass is 292 g/mol. The number of hydrogen-bond acceptors (Lipinski definition) is 3. The molecule has 3 nitrogen and oxygen atoms in total. The van der Waals surface area contributed by atoms with E-state index in [1.54, 1.807) is 13.8 Å². The van der Waals surface area contributed by atoms with Crippen LogP contribution < -0.4 is 0 Å². The Morgan fingerprint density at radius 2 is 1.65 bits per heavy atom. The van der Waals surface area contributed by atoms with Crippen LogP contribution in [0.1, 0.15) is 30.9 Å². The molecule has 1 N–H and O–H groups in total. The van der Waals surface area contributed by atoms with E-state index in [9.17, 15) is 13.2 Å². The van der Waals surface area contributed by atoms with E-state index < -0.39 is 18.5 Å². The first-order valence-corrected chi connectivity index (χ1v) is 6.23. The first-order chi connectivity index (χ1) is 9.31. The number of methoxy groups -OCH3 is 1. The summed E-state index contributed by atoms with van der Waals surface area (Å²) < 4.78 is 48.0. The second-order valence-corrected chi connectivity index (χ2v) is 4.59. The minimum atomic E-state index is -4.35. The Morgan fingerprint density at radius 3 is 2.05 bits per heavy atom. The van der Waals surface area contributed by atoms with Gasteiger partial charge in [-0.3, -0.25) is 0 Å². The predicted octanol–water partition coefficient (Wildman–Crippen LogP) is 3.18. The lowest BCUT2D eigenvalue weighted by Crippen LogP contribution is -2.29. The molecule has 1 rings (SSSR count). The average molecular weight is 292 g/mol. The molecule has 0 aliphatic rings. The first kappa shape index (κ1) is 16.9. The zero-order valence-electron chi connectivity index (χ0n) is 11.6. The Labute approximate surface area is 116 Å². The summed E-state index contributed by atoms with van der Waals surface area (Å²) in [4.78, 5) is 0. The van der Waals surface area contributed by atoms with Crippen LogP contribution in [-0.2, 0) is 15.7 Å². The second kappa shape index (κ2) is 7.06. The fraction of sp³-hybridized carbons (Fsp3) is 0.571. The highest BCUT2D eigenvalue weighted by atomic mass is 19.4. The quantitative estimate of drug-likeness (QED) is 0.818. The Morgan fingerprint density at radius 1 is 1.10 bits per heavy atom. The van der Waals surface area contributed by atoms with Crippen LogP contribution in [0.25, 0.3) is 0 Å². The molecule has 0 saturated heterocycles. The summed E-state index contributed by atoms with van der Waals surface area (Å²) in [5, 5.41) is 8.83. The molecule has 114 valence electrons. The molecule has 0 radical (unpaired) electrons. The van der Waals surface area contributed by atoms with Gasteiger partial charge in [-0.25, -0.2) is 0 Å². The van der Waals surface area contributed by atoms with Gasteiger partial charge in [0.15, 0.2) is 0 Å². The molecular weight excluding hydrogens is 273 g/mol. The van der Waals surface area contributed by atoms with Crippen molar-refractivity contribution in [1.82, 2.24) is 0 Å². The van der Waals surface area contributed by atoms with Gasteiger partial charge in [0.25, 0.3) is 0 Å². The van der Waals surface area contributed by atoms with Crippen molar-refractivity contribution in [3.63, 3.8) is 0 Å². The second-order valence-electron chi connectivity index (χ2n) is 4.59. The minimum absolute atomic E-state index is 0.256. The Bertz CT molecular complexity index is 403. The van der Waals surface area contributed by atoms with Crippen LogP contribution in [-0.4, -0.2) is 31.2 Å². The van der Waals surface area contributed by atoms with Gasteiger partial charge in [-0.05, 0) is 31.5 Å². The number of aliphatic hydroxyl groups excluding tert-OH is 1. The van der Waals surface area contributed by atoms with Crippen molar-refractivity contribution < 1.29 is 27.8 Å². The third-order valence-corrected chi connectivity index (χ3v) is 3.34. The SMILES string of the molecule is COC(C)C(c1ccc(C(F)(F)F)cc1)C(C)OCO. The van der Waals surface area contributed by atoms with E-state index in [1.165, 1.54) is 19.2 Å². The number of rotatable bonds is 6. The Hall–Kier alpha value is -1.11. The van der Waals surface area contributed by atoms with Crippen LogP contribution in [0.4, 0.5) is 13.2 Å². The van der Waals surface area contributed by atoms with Gasteiger partial charge < -0.3 is 14.6 Å². The highest BCUT2D eigenvalue weighted by Gasteiger charge is 2.31. The number of halogens is 3. The fourth-order valence-electron chi connectivity index (χ4n) is 2.19. The summed E-state index contributed by atoms with van der Waals surface area (Å²) in [6, 6.07) is 4.91. The van der Waals surface area contributed by atoms with E-state index in [1.807, 2.05) is 0 Å². The van der Waals surface area contributed by atoms with Crippen molar-refractivity contribution in [3.05, 3.63) is 35.4 Å². The highest BCUT2D eigenvalue weighted by molar-refractivity contribution is 5.28. The molecule has 0 fully saturated rings. The van der Waals surface area contributed by atoms with Gasteiger partial charge in [-0.2, -0.15) is 13.2 Å². The van der Waals surface area contributed by atoms with Crippen LogP contribution in [0.15, 0.2) is 24.3 Å². The summed E-state index contributed by atoms with van der Waals surface area (Å²) >= 11 is 0. The van der Waals surface area contributed by atoms with E-state index in [0.29, 0.717) is 5.56 Å². The molecule has 20 heavy (non-hydrogen) atoms. The smallest absolute Gasteiger partial charge is 0.381 e. The molecule has 1 aromatic carbocycles. The summed E-state index contributed by atoms with van der Waals surface area (Å²) in [6.07, 6.45) is -4.99. The maximum atomic E-state index is 12.5. The lowest BCUT2D eigenvalue weighted by Gasteiger charge is -2.29. The van der Waals surface area contributed by atoms with Gasteiger partial charge in [-0.15, -0.1) is 0 Å². The molecule has 0 spiro atoms. The van der Waals surface area contributed by atoms with E-state index in [2.05, 4.69) is 0 Å². The molecule has 0 aromatic heterocycles. The van der Waals surface area contributed by atoms with Crippen molar-refractivity contribution in [2.45, 2.75) is 38.1 Å². The third kappa shape index (κ3) is 4.19. The highest BCUT2D eigenvalue weighted by Crippen LogP contribution is 2.32. The number of aliphatic hydroxyl groups is 1. The largest absolute Gasteiger partial charge is 0.416 e. The maximum Gasteiger partial charge on any atom is 0.416 e. The molecule has 6 heteroatoms. The van der Waals surface area contributed by atoms with E-state index in [0.717, 1.165) is 12.1 Å². The van der Waals surface area contributed by atoms with Crippen molar-refractivity contribution in [1.29, 1.82) is 0 Å². The Balaban J connectivity index is 3.02. The van der Waals surface area contributed by atoms with Crippen LogP contribution in [0, 0.1) is 0 Å². The van der Waals surface area contributed by atoms with Crippen molar-refractivity contribution >= 4 is 0 Å². The van der Waals surface area contributed by atoms with Crippen LogP contribution >= 0.6 is 0 Å². The van der Waals surface area contributed by atoms with Crippen molar-refractivity contribution in [3.8, 4) is 0 Å². The molecule has 1 aromatic rings. The summed E-state index contributed by atoms with van der Waals surface area (Å²) in [5.74, 6) is -0.269. The molecule has 0 aliphatic heterocycles. The van der Waals surface area contributed by atoms with Gasteiger partial charge in [0.2, 0.25) is 0 Å². The molecule has 3 atom stereocenters. The normalized spacial score (nSPS) is 16.8. The van der Waals surface area contributed by atoms with Crippen LogP contribution in [0.5, 0.6) is 0 Å². The first-order valence-electron chi connectivity index (χ1n) is 6.23. The minimum Gasteiger partial charge on any atom is -0.381 e. The molecule has 0 aliphatic carbocycles. The zero-order valence-corrected chi connectivity index (χ0v) is 11.6. The average Bonchev–Trinajstić information content (AvgIpc) is 2.38. The van der Waals surface area contributed by atoms with Gasteiger partial charge >= 0.3 is 6.18 Å². The van der Waals surface area contributed by atoms with Gasteiger partial charge in [0.05, 0.1) is 17.8 Å². The van der Waals surface area contributed by atoms with Gasteiger partial charge in [-0.1, -0.05) is 12.1 Å². The molecule has 0 heterocycles. The van der Waals surface area contributed by atoms with E-state index >= 15 is 0 Å². The predicted molar refractivity (Wildman–Crippen MR) is 68.3 cm³/mol. The van der Waals surface area contributed by atoms with Crippen LogP contribution in [0.3, 0.4) is 0 Å². The fourth-order valence-corrected chi connectivity index (χ4v) is 2.19. The molecule has 0 bridgehead atoms. The number of hydrogen-bond donors (Lipinski definition) is 1. The summed E-state index contributed by atoms with van der Waals surface area (Å²) in [7, 11) is 1.52. The summed E-state index contributed by atoms with van der Waals surface area (Å²) in [6.45, 7) is 3.10. The van der Waals surface area contributed by atoms with Crippen molar-refractivity contribution in [2.75, 3.05) is 13.9 Å². The van der Waals surface area contributed by atoms with Gasteiger partial charge in [0, 0.05) is 13.0 Å². The Kier molecular flexibility index (Phi) is 5.98. The summed E-state index contributed by atoms with van der Waals surface area (Å²) in [5.41, 5.74) is -0.0194. The van der Waals surface area contributed by atoms with E-state index in [4.69, 9.17) is 14.6 Å². The zero-order chi connectivity index (χ0) is 15.3.